The topological polar surface area (TPSA) is 89.1 Å². The first-order valence-electron chi connectivity index (χ1n) is 8.14. The fourth-order valence-corrected chi connectivity index (χ4v) is 3.42. The van der Waals surface area contributed by atoms with E-state index in [2.05, 4.69) is 27.1 Å². The molecule has 0 bridgehead atoms. The first-order valence-corrected chi connectivity index (χ1v) is 8.14. The fraction of sp³-hybridized carbons (Fsp3) is 0.333. The summed E-state index contributed by atoms with van der Waals surface area (Å²) in [5, 5.41) is 18.1. The van der Waals surface area contributed by atoms with Crippen LogP contribution in [0.2, 0.25) is 0 Å². The van der Waals surface area contributed by atoms with Crippen LogP contribution in [0.4, 0.5) is 5.82 Å². The Morgan fingerprint density at radius 3 is 2.84 bits per heavy atom. The van der Waals surface area contributed by atoms with Crippen molar-refractivity contribution in [3.8, 4) is 23.5 Å². The molecule has 0 spiro atoms. The van der Waals surface area contributed by atoms with Gasteiger partial charge in [-0.05, 0) is 12.1 Å². The molecule has 2 saturated heterocycles. The Morgan fingerprint density at radius 2 is 2.08 bits per heavy atom. The van der Waals surface area contributed by atoms with E-state index in [1.54, 1.807) is 29.4 Å². The number of nitrogens with zero attached hydrogens (tertiary/aromatic N) is 6. The van der Waals surface area contributed by atoms with Gasteiger partial charge in [0.1, 0.15) is 5.82 Å². The first-order chi connectivity index (χ1) is 12.3. The van der Waals surface area contributed by atoms with Crippen molar-refractivity contribution in [3.63, 3.8) is 0 Å². The highest BCUT2D eigenvalue weighted by molar-refractivity contribution is 5.61. The molecule has 0 saturated carbocycles. The number of fused-ring (bicyclic) bond motifs is 1. The number of morpholine rings is 1. The molecule has 7 nitrogen and oxygen atoms in total. The van der Waals surface area contributed by atoms with Gasteiger partial charge in [0.25, 0.3) is 0 Å². The van der Waals surface area contributed by atoms with Crippen LogP contribution in [0.25, 0.3) is 11.3 Å². The van der Waals surface area contributed by atoms with E-state index in [1.165, 1.54) is 0 Å². The molecule has 124 valence electrons. The zero-order valence-electron chi connectivity index (χ0n) is 13.5. The molecule has 0 unspecified atom stereocenters. The van der Waals surface area contributed by atoms with E-state index >= 15 is 0 Å². The van der Waals surface area contributed by atoms with Crippen molar-refractivity contribution in [2.24, 2.45) is 0 Å². The number of nitriles is 2. The Kier molecular flexibility index (Phi) is 3.93. The molecular weight excluding hydrogens is 316 g/mol. The van der Waals surface area contributed by atoms with Crippen molar-refractivity contribution in [2.75, 3.05) is 31.1 Å². The van der Waals surface area contributed by atoms with E-state index in [0.717, 1.165) is 23.6 Å². The molecule has 2 aromatic rings. The number of hydrogen-bond acceptors (Lipinski definition) is 7. The Labute approximate surface area is 145 Å². The number of likely N-dealkylation sites (tertiary alicyclic amines) is 1. The van der Waals surface area contributed by atoms with Gasteiger partial charge in [-0.15, -0.1) is 0 Å². The van der Waals surface area contributed by atoms with Crippen molar-refractivity contribution in [1.29, 1.82) is 10.5 Å². The lowest BCUT2D eigenvalue weighted by Gasteiger charge is -2.37. The van der Waals surface area contributed by atoms with E-state index < -0.39 is 0 Å². The van der Waals surface area contributed by atoms with Gasteiger partial charge in [-0.2, -0.15) is 10.5 Å². The Hall–Kier alpha value is -3.16. The molecular formula is C18H16N6O. The van der Waals surface area contributed by atoms with E-state index in [1.807, 2.05) is 12.1 Å². The summed E-state index contributed by atoms with van der Waals surface area (Å²) in [5.41, 5.74) is 2.20. The SMILES string of the molecule is N#Cc1cccc(-c2cnc(N3CCO[C@H]4CN(C#N)C[C@H]43)cn2)c1. The van der Waals surface area contributed by atoms with Crippen LogP contribution < -0.4 is 4.90 Å². The van der Waals surface area contributed by atoms with Gasteiger partial charge in [-0.25, -0.2) is 4.98 Å². The maximum atomic E-state index is 9.13. The van der Waals surface area contributed by atoms with Gasteiger partial charge in [0.2, 0.25) is 0 Å². The van der Waals surface area contributed by atoms with Gasteiger partial charge in [-0.1, -0.05) is 12.1 Å². The molecule has 1 aromatic carbocycles. The second-order valence-corrected chi connectivity index (χ2v) is 6.13. The van der Waals surface area contributed by atoms with Gasteiger partial charge in [0, 0.05) is 12.1 Å². The average Bonchev–Trinajstić information content (AvgIpc) is 3.11. The van der Waals surface area contributed by atoms with Gasteiger partial charge < -0.3 is 14.5 Å². The molecule has 25 heavy (non-hydrogen) atoms. The Morgan fingerprint density at radius 1 is 1.16 bits per heavy atom. The molecule has 0 amide bonds. The van der Waals surface area contributed by atoms with Crippen molar-refractivity contribution < 1.29 is 4.74 Å². The van der Waals surface area contributed by atoms with E-state index in [-0.39, 0.29) is 12.1 Å². The highest BCUT2D eigenvalue weighted by Crippen LogP contribution is 2.27. The van der Waals surface area contributed by atoms with Crippen LogP contribution in [-0.4, -0.2) is 53.3 Å². The number of hydrogen-bond donors (Lipinski definition) is 0. The zero-order chi connectivity index (χ0) is 17.2. The van der Waals surface area contributed by atoms with Gasteiger partial charge in [-0.3, -0.25) is 4.98 Å². The lowest BCUT2D eigenvalue weighted by Crippen LogP contribution is -2.51. The van der Waals surface area contributed by atoms with Gasteiger partial charge in [0.15, 0.2) is 6.19 Å². The minimum absolute atomic E-state index is 0.0298. The molecule has 2 aliphatic rings. The molecule has 4 rings (SSSR count). The van der Waals surface area contributed by atoms with Crippen molar-refractivity contribution in [2.45, 2.75) is 12.1 Å². The van der Waals surface area contributed by atoms with Crippen LogP contribution in [0.3, 0.4) is 0 Å². The second-order valence-electron chi connectivity index (χ2n) is 6.13. The number of ether oxygens (including phenoxy) is 1. The predicted molar refractivity (Wildman–Crippen MR) is 90.2 cm³/mol. The average molecular weight is 332 g/mol. The number of aromatic nitrogens is 2. The van der Waals surface area contributed by atoms with Crippen LogP contribution in [0, 0.1) is 22.8 Å². The quantitative estimate of drug-likeness (QED) is 0.768. The maximum absolute atomic E-state index is 9.13. The van der Waals surface area contributed by atoms with Crippen molar-refractivity contribution >= 4 is 5.82 Å². The summed E-state index contributed by atoms with van der Waals surface area (Å²) < 4.78 is 5.79. The molecule has 2 atom stereocenters. The number of rotatable bonds is 2. The first kappa shape index (κ1) is 15.4. The van der Waals surface area contributed by atoms with Crippen LogP contribution in [-0.2, 0) is 4.74 Å². The summed E-state index contributed by atoms with van der Waals surface area (Å²) in [6, 6.07) is 9.57. The lowest BCUT2D eigenvalue weighted by atomic mass is 10.1. The fourth-order valence-electron chi connectivity index (χ4n) is 3.42. The predicted octanol–water partition coefficient (Wildman–Crippen LogP) is 1.39. The monoisotopic (exact) mass is 332 g/mol. The Balaban J connectivity index is 1.58. The standard InChI is InChI=1S/C18H16N6O/c19-7-13-2-1-3-14(6-13)15-8-22-18(9-21-15)24-4-5-25-17-11-23(12-20)10-16(17)24/h1-3,6,8-9,16-17H,4-5,10-11H2/t16-,17+/m1/s1. The van der Waals surface area contributed by atoms with Crippen LogP contribution in [0.15, 0.2) is 36.7 Å². The van der Waals surface area contributed by atoms with Crippen molar-refractivity contribution in [1.82, 2.24) is 14.9 Å². The summed E-state index contributed by atoms with van der Waals surface area (Å²) in [6.07, 6.45) is 5.71. The summed E-state index contributed by atoms with van der Waals surface area (Å²) in [6.45, 7) is 2.63. The van der Waals surface area contributed by atoms with Gasteiger partial charge in [0.05, 0.1) is 61.6 Å². The lowest BCUT2D eigenvalue weighted by molar-refractivity contribution is 0.0322. The highest BCUT2D eigenvalue weighted by Gasteiger charge is 2.40. The largest absolute Gasteiger partial charge is 0.372 e. The summed E-state index contributed by atoms with van der Waals surface area (Å²) in [5.74, 6) is 0.790. The molecule has 0 N–H and O–H groups in total. The Bertz CT molecular complexity index is 853. The molecule has 0 aliphatic carbocycles. The molecule has 2 aliphatic heterocycles. The normalized spacial score (nSPS) is 22.2. The zero-order valence-corrected chi connectivity index (χ0v) is 13.5. The second kappa shape index (κ2) is 6.39. The number of anilines is 1. The minimum Gasteiger partial charge on any atom is -0.372 e. The molecule has 7 heteroatoms. The molecule has 0 radical (unpaired) electrons. The third-order valence-electron chi connectivity index (χ3n) is 4.66. The van der Waals surface area contributed by atoms with Crippen molar-refractivity contribution in [3.05, 3.63) is 42.2 Å². The van der Waals surface area contributed by atoms with E-state index in [0.29, 0.717) is 25.3 Å². The molecule has 3 heterocycles. The summed E-state index contributed by atoms with van der Waals surface area (Å²) in [4.78, 5) is 13.0. The smallest absolute Gasteiger partial charge is 0.179 e. The number of benzene rings is 1. The van der Waals surface area contributed by atoms with Crippen LogP contribution in [0.1, 0.15) is 5.56 Å². The van der Waals surface area contributed by atoms with E-state index in [4.69, 9.17) is 15.3 Å². The van der Waals surface area contributed by atoms with Gasteiger partial charge >= 0.3 is 0 Å². The minimum atomic E-state index is 0.0298. The maximum Gasteiger partial charge on any atom is 0.179 e. The highest BCUT2D eigenvalue weighted by atomic mass is 16.5. The molecule has 2 fully saturated rings. The third kappa shape index (κ3) is 2.86. The van der Waals surface area contributed by atoms with Crippen LogP contribution in [0.5, 0.6) is 0 Å². The summed E-state index contributed by atoms with van der Waals surface area (Å²) in [7, 11) is 0. The van der Waals surface area contributed by atoms with E-state index in [9.17, 15) is 0 Å². The third-order valence-corrected chi connectivity index (χ3v) is 4.66. The molecule has 1 aromatic heterocycles. The van der Waals surface area contributed by atoms with Crippen LogP contribution >= 0.6 is 0 Å². The summed E-state index contributed by atoms with van der Waals surface area (Å²) >= 11 is 0.